The van der Waals surface area contributed by atoms with E-state index in [-0.39, 0.29) is 18.4 Å². The second kappa shape index (κ2) is 9.07. The highest BCUT2D eigenvalue weighted by Gasteiger charge is 2.16. The van der Waals surface area contributed by atoms with Crippen molar-refractivity contribution in [2.75, 3.05) is 19.0 Å². The second-order valence-corrected chi connectivity index (χ2v) is 6.51. The lowest BCUT2D eigenvalue weighted by molar-refractivity contribution is -0.115. The molecule has 0 bridgehead atoms. The van der Waals surface area contributed by atoms with E-state index in [2.05, 4.69) is 10.6 Å². The molecule has 6 heteroatoms. The van der Waals surface area contributed by atoms with Crippen LogP contribution in [0.1, 0.15) is 36.0 Å². The quantitative estimate of drug-likeness (QED) is 0.785. The number of nitrogens with one attached hydrogen (secondary N) is 2. The van der Waals surface area contributed by atoms with E-state index in [1.807, 2.05) is 12.1 Å². The molecule has 0 spiro atoms. The predicted octanol–water partition coefficient (Wildman–Crippen LogP) is 3.39. The third-order valence-electron chi connectivity index (χ3n) is 4.50. The molecule has 0 saturated heterocycles. The molecule has 0 radical (unpaired) electrons. The summed E-state index contributed by atoms with van der Waals surface area (Å²) < 4.78 is 11.0. The van der Waals surface area contributed by atoms with Gasteiger partial charge in [-0.3, -0.25) is 9.59 Å². The highest BCUT2D eigenvalue weighted by Crippen LogP contribution is 2.25. The van der Waals surface area contributed by atoms with E-state index in [0.717, 1.165) is 18.6 Å². The van der Waals surface area contributed by atoms with Crippen LogP contribution in [-0.2, 0) is 4.79 Å². The van der Waals surface area contributed by atoms with Crippen LogP contribution in [0.3, 0.4) is 0 Å². The largest absolute Gasteiger partial charge is 0.497 e. The van der Waals surface area contributed by atoms with E-state index in [4.69, 9.17) is 9.47 Å². The van der Waals surface area contributed by atoms with Crippen LogP contribution < -0.4 is 20.1 Å². The summed E-state index contributed by atoms with van der Waals surface area (Å²) in [6.07, 6.45) is 4.96. The SMILES string of the molecule is COc1ccc(C(=O)NCC(=O)Nc2ccc(OC3CCCC3)cc2)cc1. The monoisotopic (exact) mass is 368 g/mol. The van der Waals surface area contributed by atoms with E-state index in [0.29, 0.717) is 23.1 Å². The Balaban J connectivity index is 1.44. The Morgan fingerprint density at radius 2 is 1.59 bits per heavy atom. The molecule has 1 fully saturated rings. The molecule has 6 nitrogen and oxygen atoms in total. The van der Waals surface area contributed by atoms with Gasteiger partial charge in [0.05, 0.1) is 19.8 Å². The van der Waals surface area contributed by atoms with Crippen LogP contribution >= 0.6 is 0 Å². The number of methoxy groups -OCH3 is 1. The minimum atomic E-state index is -0.312. The number of carbonyl (C=O) groups is 2. The highest BCUT2D eigenvalue weighted by molar-refractivity contribution is 5.99. The number of ether oxygens (including phenoxy) is 2. The van der Waals surface area contributed by atoms with Gasteiger partial charge in [0, 0.05) is 11.3 Å². The van der Waals surface area contributed by atoms with Crippen molar-refractivity contribution in [1.82, 2.24) is 5.32 Å². The first-order chi connectivity index (χ1) is 13.1. The number of carbonyl (C=O) groups excluding carboxylic acids is 2. The van der Waals surface area contributed by atoms with Gasteiger partial charge in [-0.05, 0) is 74.2 Å². The molecule has 0 heterocycles. The van der Waals surface area contributed by atoms with Crippen LogP contribution in [-0.4, -0.2) is 31.6 Å². The van der Waals surface area contributed by atoms with Gasteiger partial charge in [-0.1, -0.05) is 0 Å². The molecule has 1 aliphatic rings. The zero-order valence-electron chi connectivity index (χ0n) is 15.4. The maximum absolute atomic E-state index is 12.1. The predicted molar refractivity (Wildman–Crippen MR) is 103 cm³/mol. The summed E-state index contributed by atoms with van der Waals surface area (Å²) in [5.74, 6) is 0.881. The zero-order chi connectivity index (χ0) is 19.1. The number of amides is 2. The standard InChI is InChI=1S/C21H24N2O4/c1-26-17-10-6-15(7-11-17)21(25)22-14-20(24)23-16-8-12-19(13-9-16)27-18-4-2-3-5-18/h6-13,18H,2-5,14H2,1H3,(H,22,25)(H,23,24). The fourth-order valence-electron chi connectivity index (χ4n) is 3.03. The van der Waals surface area contributed by atoms with Crippen molar-refractivity contribution in [3.63, 3.8) is 0 Å². The molecule has 142 valence electrons. The topological polar surface area (TPSA) is 76.7 Å². The van der Waals surface area contributed by atoms with Crippen LogP contribution in [0.25, 0.3) is 0 Å². The van der Waals surface area contributed by atoms with Crippen molar-refractivity contribution in [2.24, 2.45) is 0 Å². The minimum Gasteiger partial charge on any atom is -0.497 e. The van der Waals surface area contributed by atoms with Crippen molar-refractivity contribution in [2.45, 2.75) is 31.8 Å². The molecule has 0 aliphatic heterocycles. The molecular weight excluding hydrogens is 344 g/mol. The van der Waals surface area contributed by atoms with Crippen LogP contribution in [0, 0.1) is 0 Å². The normalized spacial score (nSPS) is 13.8. The molecule has 27 heavy (non-hydrogen) atoms. The zero-order valence-corrected chi connectivity index (χ0v) is 15.4. The van der Waals surface area contributed by atoms with Crippen molar-refractivity contribution in [1.29, 1.82) is 0 Å². The number of hydrogen-bond donors (Lipinski definition) is 2. The van der Waals surface area contributed by atoms with Crippen LogP contribution in [0.5, 0.6) is 11.5 Å². The fourth-order valence-corrected chi connectivity index (χ4v) is 3.03. The molecule has 0 unspecified atom stereocenters. The highest BCUT2D eigenvalue weighted by atomic mass is 16.5. The first-order valence-corrected chi connectivity index (χ1v) is 9.13. The molecule has 2 amide bonds. The molecule has 2 aromatic carbocycles. The number of hydrogen-bond acceptors (Lipinski definition) is 4. The second-order valence-electron chi connectivity index (χ2n) is 6.51. The van der Waals surface area contributed by atoms with Crippen molar-refractivity contribution in [3.05, 3.63) is 54.1 Å². The van der Waals surface area contributed by atoms with Gasteiger partial charge in [0.2, 0.25) is 5.91 Å². The van der Waals surface area contributed by atoms with Crippen LogP contribution in [0.2, 0.25) is 0 Å². The lowest BCUT2D eigenvalue weighted by Crippen LogP contribution is -2.32. The Morgan fingerprint density at radius 1 is 0.963 bits per heavy atom. The first-order valence-electron chi connectivity index (χ1n) is 9.13. The van der Waals surface area contributed by atoms with Gasteiger partial charge < -0.3 is 20.1 Å². The molecule has 0 aromatic heterocycles. The molecule has 2 aromatic rings. The van der Waals surface area contributed by atoms with Crippen molar-refractivity contribution in [3.8, 4) is 11.5 Å². The average molecular weight is 368 g/mol. The smallest absolute Gasteiger partial charge is 0.251 e. The van der Waals surface area contributed by atoms with Crippen LogP contribution in [0.4, 0.5) is 5.69 Å². The maximum Gasteiger partial charge on any atom is 0.251 e. The summed E-state index contributed by atoms with van der Waals surface area (Å²) in [6.45, 7) is -0.106. The van der Waals surface area contributed by atoms with Crippen molar-refractivity contribution < 1.29 is 19.1 Å². The number of benzene rings is 2. The Kier molecular flexibility index (Phi) is 6.30. The van der Waals surface area contributed by atoms with Gasteiger partial charge in [0.15, 0.2) is 0 Å². The van der Waals surface area contributed by atoms with Gasteiger partial charge in [0.1, 0.15) is 11.5 Å². The summed E-state index contributed by atoms with van der Waals surface area (Å²) in [6, 6.07) is 14.0. The number of rotatable bonds is 7. The fraction of sp³-hybridized carbons (Fsp3) is 0.333. The Hall–Kier alpha value is -3.02. The third-order valence-corrected chi connectivity index (χ3v) is 4.50. The van der Waals surface area contributed by atoms with Gasteiger partial charge in [0.25, 0.3) is 5.91 Å². The van der Waals surface area contributed by atoms with Gasteiger partial charge in [-0.25, -0.2) is 0 Å². The summed E-state index contributed by atoms with van der Waals surface area (Å²) >= 11 is 0. The van der Waals surface area contributed by atoms with E-state index < -0.39 is 0 Å². The van der Waals surface area contributed by atoms with E-state index in [1.165, 1.54) is 12.8 Å². The van der Waals surface area contributed by atoms with Crippen molar-refractivity contribution >= 4 is 17.5 Å². The van der Waals surface area contributed by atoms with E-state index in [1.54, 1.807) is 43.5 Å². The Labute approximate surface area is 158 Å². The average Bonchev–Trinajstić information content (AvgIpc) is 3.21. The summed E-state index contributed by atoms with van der Waals surface area (Å²) in [5, 5.41) is 5.36. The molecule has 0 atom stereocenters. The summed E-state index contributed by atoms with van der Waals surface area (Å²) in [5.41, 5.74) is 1.13. The molecular formula is C21H24N2O4. The molecule has 1 aliphatic carbocycles. The number of anilines is 1. The first kappa shape index (κ1) is 18.8. The van der Waals surface area contributed by atoms with E-state index >= 15 is 0 Å². The Morgan fingerprint density at radius 3 is 2.22 bits per heavy atom. The lowest BCUT2D eigenvalue weighted by Gasteiger charge is -2.13. The van der Waals surface area contributed by atoms with Crippen LogP contribution in [0.15, 0.2) is 48.5 Å². The molecule has 3 rings (SSSR count). The van der Waals surface area contributed by atoms with Gasteiger partial charge in [-0.15, -0.1) is 0 Å². The van der Waals surface area contributed by atoms with Gasteiger partial charge in [-0.2, -0.15) is 0 Å². The lowest BCUT2D eigenvalue weighted by atomic mass is 10.2. The molecule has 2 N–H and O–H groups in total. The summed E-state index contributed by atoms with van der Waals surface area (Å²) in [7, 11) is 1.56. The maximum atomic E-state index is 12.1. The molecule has 1 saturated carbocycles. The Bertz CT molecular complexity index is 766. The summed E-state index contributed by atoms with van der Waals surface area (Å²) in [4.78, 5) is 24.1. The minimum absolute atomic E-state index is 0.106. The third kappa shape index (κ3) is 5.48. The van der Waals surface area contributed by atoms with Gasteiger partial charge >= 0.3 is 0 Å². The van der Waals surface area contributed by atoms with E-state index in [9.17, 15) is 9.59 Å².